The second-order valence-corrected chi connectivity index (χ2v) is 1.82. The molecule has 0 atom stereocenters. The molecule has 1 aliphatic rings. The van der Waals surface area contributed by atoms with E-state index in [0.717, 1.165) is 17.2 Å². The number of allylic oxidation sites excluding steroid dienone is 2. The van der Waals surface area contributed by atoms with Gasteiger partial charge in [0, 0.05) is 0 Å². The molecule has 0 radical (unpaired) electrons. The van der Waals surface area contributed by atoms with E-state index in [0.29, 0.717) is 0 Å². The van der Waals surface area contributed by atoms with Gasteiger partial charge in [0.1, 0.15) is 0 Å². The largest absolute Gasteiger partial charge is 0.493 e. The van der Waals surface area contributed by atoms with E-state index < -0.39 is 0 Å². The van der Waals surface area contributed by atoms with Gasteiger partial charge >= 0.3 is 0 Å². The molecule has 0 bridgehead atoms. The van der Waals surface area contributed by atoms with Crippen molar-refractivity contribution in [2.24, 2.45) is 4.99 Å². The lowest BCUT2D eigenvalue weighted by atomic mass is 10.2. The lowest BCUT2D eigenvalue weighted by molar-refractivity contribution is 0.304. The first-order chi connectivity index (χ1) is 3.75. The molecular formula is C6H9NO. The Kier molecular flexibility index (Phi) is 1.08. The van der Waals surface area contributed by atoms with Crippen molar-refractivity contribution in [2.45, 2.75) is 13.8 Å². The molecular weight excluding hydrogens is 102 g/mol. The highest BCUT2D eigenvalue weighted by atomic mass is 16.5. The molecule has 8 heavy (non-hydrogen) atoms. The Morgan fingerprint density at radius 2 is 2.00 bits per heavy atom. The predicted octanol–water partition coefficient (Wildman–Crippen LogP) is 1.34. The molecule has 0 spiro atoms. The van der Waals surface area contributed by atoms with Crippen molar-refractivity contribution in [1.29, 1.82) is 0 Å². The molecule has 0 N–H and O–H groups in total. The molecule has 44 valence electrons. The van der Waals surface area contributed by atoms with Crippen LogP contribution in [0.5, 0.6) is 0 Å². The number of aliphatic imine (C=N–C) groups is 1. The molecule has 0 aromatic heterocycles. The molecule has 2 nitrogen and oxygen atoms in total. The Balaban J connectivity index is 2.65. The van der Waals surface area contributed by atoms with Gasteiger partial charge in [0.25, 0.3) is 0 Å². The standard InChI is InChI=1S/C6H9NO/c1-4-6(8-3)5(2)7-4/h1-3H3. The lowest BCUT2D eigenvalue weighted by Gasteiger charge is -2.14. The molecule has 1 aliphatic heterocycles. The normalized spacial score (nSPS) is 17.6. The number of nitrogens with zero attached hydrogens (tertiary/aromatic N) is 1. The van der Waals surface area contributed by atoms with Crippen molar-refractivity contribution in [3.05, 3.63) is 11.5 Å². The Hall–Kier alpha value is -0.790. The number of hydrogen-bond acceptors (Lipinski definition) is 2. The van der Waals surface area contributed by atoms with Crippen LogP contribution in [-0.2, 0) is 4.74 Å². The molecule has 2 heteroatoms. The van der Waals surface area contributed by atoms with Gasteiger partial charge in [-0.2, -0.15) is 0 Å². The zero-order valence-electron chi connectivity index (χ0n) is 5.36. The molecule has 0 aliphatic carbocycles. The van der Waals surface area contributed by atoms with E-state index in [9.17, 15) is 0 Å². The first-order valence-corrected chi connectivity index (χ1v) is 2.56. The van der Waals surface area contributed by atoms with Crippen LogP contribution < -0.4 is 0 Å². The third-order valence-electron chi connectivity index (χ3n) is 1.20. The number of rotatable bonds is 1. The second kappa shape index (κ2) is 1.62. The SMILES string of the molecule is COC1=C(C)N=C1C. The van der Waals surface area contributed by atoms with Crippen molar-refractivity contribution < 1.29 is 4.74 Å². The summed E-state index contributed by atoms with van der Waals surface area (Å²) in [7, 11) is 1.66. The topological polar surface area (TPSA) is 21.6 Å². The smallest absolute Gasteiger partial charge is 0.161 e. The van der Waals surface area contributed by atoms with Crippen LogP contribution in [0.1, 0.15) is 13.8 Å². The fraction of sp³-hybridized carbons (Fsp3) is 0.500. The number of ether oxygens (including phenoxy) is 1. The third kappa shape index (κ3) is 0.529. The van der Waals surface area contributed by atoms with Gasteiger partial charge in [0.2, 0.25) is 0 Å². The fourth-order valence-electron chi connectivity index (χ4n) is 0.857. The monoisotopic (exact) mass is 111 g/mol. The zero-order chi connectivity index (χ0) is 6.15. The Bertz CT molecular complexity index is 167. The van der Waals surface area contributed by atoms with E-state index in [2.05, 4.69) is 4.99 Å². The molecule has 0 amide bonds. The maximum Gasteiger partial charge on any atom is 0.161 e. The highest BCUT2D eigenvalue weighted by Crippen LogP contribution is 2.18. The van der Waals surface area contributed by atoms with E-state index in [1.54, 1.807) is 7.11 Å². The second-order valence-electron chi connectivity index (χ2n) is 1.82. The summed E-state index contributed by atoms with van der Waals surface area (Å²) in [5, 5.41) is 0. The zero-order valence-corrected chi connectivity index (χ0v) is 5.36. The van der Waals surface area contributed by atoms with Crippen molar-refractivity contribution in [2.75, 3.05) is 7.11 Å². The van der Waals surface area contributed by atoms with Gasteiger partial charge in [0.15, 0.2) is 5.76 Å². The highest BCUT2D eigenvalue weighted by Gasteiger charge is 2.13. The van der Waals surface area contributed by atoms with E-state index >= 15 is 0 Å². The minimum Gasteiger partial charge on any atom is -0.493 e. The number of methoxy groups -OCH3 is 1. The van der Waals surface area contributed by atoms with Crippen molar-refractivity contribution in [3.63, 3.8) is 0 Å². The highest BCUT2D eigenvalue weighted by molar-refractivity contribution is 6.02. The average Bonchev–Trinajstić information content (AvgIpc) is 1.67. The minimum atomic E-state index is 0.949. The maximum absolute atomic E-state index is 4.96. The molecule has 0 aromatic rings. The Labute approximate surface area is 48.9 Å². The van der Waals surface area contributed by atoms with E-state index in [4.69, 9.17) is 4.74 Å². The average molecular weight is 111 g/mol. The minimum absolute atomic E-state index is 0.949. The quantitative estimate of drug-likeness (QED) is 0.500. The molecule has 0 unspecified atom stereocenters. The third-order valence-corrected chi connectivity index (χ3v) is 1.20. The first-order valence-electron chi connectivity index (χ1n) is 2.56. The fourth-order valence-corrected chi connectivity index (χ4v) is 0.857. The van der Waals surface area contributed by atoms with Gasteiger partial charge in [-0.1, -0.05) is 0 Å². The molecule has 0 saturated carbocycles. The summed E-state index contributed by atoms with van der Waals surface area (Å²) in [6.45, 7) is 3.87. The van der Waals surface area contributed by atoms with Crippen LogP contribution in [0.4, 0.5) is 0 Å². The maximum atomic E-state index is 4.96. The number of hydrogen-bond donors (Lipinski definition) is 0. The van der Waals surface area contributed by atoms with Crippen molar-refractivity contribution in [3.8, 4) is 0 Å². The summed E-state index contributed by atoms with van der Waals surface area (Å²) < 4.78 is 4.96. The molecule has 1 rings (SSSR count). The van der Waals surface area contributed by atoms with Crippen LogP contribution in [0.15, 0.2) is 16.4 Å². The van der Waals surface area contributed by atoms with Crippen LogP contribution in [0.25, 0.3) is 0 Å². The van der Waals surface area contributed by atoms with Gasteiger partial charge in [-0.15, -0.1) is 0 Å². The van der Waals surface area contributed by atoms with Crippen LogP contribution in [-0.4, -0.2) is 12.8 Å². The molecule has 0 saturated heterocycles. The summed E-state index contributed by atoms with van der Waals surface area (Å²) in [6, 6.07) is 0. The van der Waals surface area contributed by atoms with E-state index in [1.807, 2.05) is 13.8 Å². The Morgan fingerprint density at radius 1 is 1.38 bits per heavy atom. The summed E-state index contributed by atoms with van der Waals surface area (Å²) in [5.41, 5.74) is 2.01. The Morgan fingerprint density at radius 3 is 2.12 bits per heavy atom. The summed E-state index contributed by atoms with van der Waals surface area (Å²) in [5.74, 6) is 0.949. The van der Waals surface area contributed by atoms with Crippen molar-refractivity contribution >= 4 is 5.71 Å². The first kappa shape index (κ1) is 5.35. The van der Waals surface area contributed by atoms with Gasteiger partial charge in [-0.25, -0.2) is 0 Å². The van der Waals surface area contributed by atoms with Crippen molar-refractivity contribution in [1.82, 2.24) is 0 Å². The van der Waals surface area contributed by atoms with E-state index in [-0.39, 0.29) is 0 Å². The lowest BCUT2D eigenvalue weighted by Crippen LogP contribution is -2.10. The van der Waals surface area contributed by atoms with Gasteiger partial charge in [0.05, 0.1) is 18.5 Å². The van der Waals surface area contributed by atoms with Gasteiger partial charge in [-0.3, -0.25) is 4.99 Å². The molecule has 1 heterocycles. The van der Waals surface area contributed by atoms with E-state index in [1.165, 1.54) is 0 Å². The predicted molar refractivity (Wildman–Crippen MR) is 32.8 cm³/mol. The summed E-state index contributed by atoms with van der Waals surface area (Å²) >= 11 is 0. The molecule has 0 fully saturated rings. The van der Waals surface area contributed by atoms with Crippen LogP contribution in [0.2, 0.25) is 0 Å². The van der Waals surface area contributed by atoms with Crippen LogP contribution >= 0.6 is 0 Å². The molecule has 0 aromatic carbocycles. The summed E-state index contributed by atoms with van der Waals surface area (Å²) in [4.78, 5) is 4.05. The van der Waals surface area contributed by atoms with Gasteiger partial charge in [-0.05, 0) is 13.8 Å². The van der Waals surface area contributed by atoms with Crippen LogP contribution in [0.3, 0.4) is 0 Å². The summed E-state index contributed by atoms with van der Waals surface area (Å²) in [6.07, 6.45) is 0. The van der Waals surface area contributed by atoms with Gasteiger partial charge < -0.3 is 4.74 Å². The van der Waals surface area contributed by atoms with Crippen LogP contribution in [0, 0.1) is 0 Å².